The van der Waals surface area contributed by atoms with Gasteiger partial charge in [-0.05, 0) is 17.1 Å². The fraction of sp³-hybridized carbons (Fsp3) is 0.400. The first-order valence-corrected chi connectivity index (χ1v) is 7.18. The Morgan fingerprint density at radius 2 is 2.00 bits per heavy atom. The Labute approximate surface area is 113 Å². The van der Waals surface area contributed by atoms with E-state index in [1.807, 2.05) is 36.4 Å². The van der Waals surface area contributed by atoms with Gasteiger partial charge in [0, 0.05) is 11.4 Å². The van der Waals surface area contributed by atoms with Crippen LogP contribution in [0.5, 0.6) is 0 Å². The van der Waals surface area contributed by atoms with Gasteiger partial charge in [0.05, 0.1) is 11.1 Å². The highest BCUT2D eigenvalue weighted by molar-refractivity contribution is 8.14. The maximum absolute atomic E-state index is 6.10. The minimum atomic E-state index is 0.226. The summed E-state index contributed by atoms with van der Waals surface area (Å²) in [6, 6.07) is 10.4. The highest BCUT2D eigenvalue weighted by Gasteiger charge is 2.28. The maximum Gasteiger partial charge on any atom is 0.0929 e. The summed E-state index contributed by atoms with van der Waals surface area (Å²) >= 11 is 1.79. The third-order valence-corrected chi connectivity index (χ3v) is 4.06. The molecule has 1 aliphatic rings. The van der Waals surface area contributed by atoms with E-state index in [9.17, 15) is 0 Å². The molecule has 1 heterocycles. The molecule has 2 rings (SSSR count). The summed E-state index contributed by atoms with van der Waals surface area (Å²) < 4.78 is 0. The first kappa shape index (κ1) is 13.2. The standard InChI is InChI=1S/C15H20N2S/c1-15(2,3)13-10-18-14(17-13)9-12(16)11-7-5-4-6-8-11/h4-9,13H,10,16H2,1-3H3/t13-/m0/s1. The van der Waals surface area contributed by atoms with Crippen molar-refractivity contribution in [2.24, 2.45) is 16.1 Å². The van der Waals surface area contributed by atoms with Crippen LogP contribution in [-0.2, 0) is 0 Å². The van der Waals surface area contributed by atoms with Crippen molar-refractivity contribution < 1.29 is 0 Å². The third-order valence-electron chi connectivity index (χ3n) is 3.06. The normalized spacial score (nSPS) is 20.9. The van der Waals surface area contributed by atoms with Crippen molar-refractivity contribution in [1.29, 1.82) is 0 Å². The zero-order valence-electron chi connectivity index (χ0n) is 11.2. The van der Waals surface area contributed by atoms with Crippen LogP contribution in [0.3, 0.4) is 0 Å². The van der Waals surface area contributed by atoms with Crippen molar-refractivity contribution in [1.82, 2.24) is 0 Å². The van der Waals surface area contributed by atoms with Gasteiger partial charge >= 0.3 is 0 Å². The minimum Gasteiger partial charge on any atom is -0.398 e. The molecule has 1 aromatic rings. The van der Waals surface area contributed by atoms with E-state index >= 15 is 0 Å². The van der Waals surface area contributed by atoms with Crippen molar-refractivity contribution in [3.8, 4) is 0 Å². The molecule has 0 spiro atoms. The van der Waals surface area contributed by atoms with Crippen LogP contribution < -0.4 is 5.73 Å². The Morgan fingerprint density at radius 1 is 1.33 bits per heavy atom. The minimum absolute atomic E-state index is 0.226. The average molecular weight is 260 g/mol. The molecule has 0 saturated carbocycles. The summed E-state index contributed by atoms with van der Waals surface area (Å²) in [4.78, 5) is 4.75. The molecule has 0 aliphatic carbocycles. The Morgan fingerprint density at radius 3 is 2.56 bits per heavy atom. The number of benzene rings is 1. The molecule has 96 valence electrons. The van der Waals surface area contributed by atoms with Crippen LogP contribution in [0.25, 0.3) is 5.70 Å². The van der Waals surface area contributed by atoms with Gasteiger partial charge in [0.25, 0.3) is 0 Å². The first-order chi connectivity index (χ1) is 8.47. The number of rotatable bonds is 2. The van der Waals surface area contributed by atoms with Crippen LogP contribution in [0.15, 0.2) is 41.4 Å². The van der Waals surface area contributed by atoms with E-state index in [1.54, 1.807) is 11.8 Å². The number of aliphatic imine (C=N–C) groups is 1. The van der Waals surface area contributed by atoms with Gasteiger partial charge in [-0.3, -0.25) is 4.99 Å². The second-order valence-corrected chi connectivity index (χ2v) is 6.67. The van der Waals surface area contributed by atoms with Crippen LogP contribution >= 0.6 is 11.8 Å². The molecular weight excluding hydrogens is 240 g/mol. The van der Waals surface area contributed by atoms with Gasteiger partial charge < -0.3 is 5.73 Å². The van der Waals surface area contributed by atoms with Crippen LogP contribution in [0.2, 0.25) is 0 Å². The molecule has 0 radical (unpaired) electrons. The molecule has 0 fully saturated rings. The monoisotopic (exact) mass is 260 g/mol. The third kappa shape index (κ3) is 3.16. The zero-order valence-corrected chi connectivity index (χ0v) is 12.0. The lowest BCUT2D eigenvalue weighted by Gasteiger charge is -2.23. The lowest BCUT2D eigenvalue weighted by atomic mass is 9.88. The van der Waals surface area contributed by atoms with Gasteiger partial charge in [0.15, 0.2) is 0 Å². The SMILES string of the molecule is CC(C)(C)[C@@H]1CSC(C=C(N)c2ccccc2)=N1. The van der Waals surface area contributed by atoms with Crippen LogP contribution in [0.1, 0.15) is 26.3 Å². The molecule has 0 amide bonds. The summed E-state index contributed by atoms with van der Waals surface area (Å²) in [6.07, 6.45) is 1.99. The first-order valence-electron chi connectivity index (χ1n) is 6.20. The molecule has 2 N–H and O–H groups in total. The van der Waals surface area contributed by atoms with Crippen molar-refractivity contribution in [2.75, 3.05) is 5.75 Å². The number of hydrogen-bond acceptors (Lipinski definition) is 3. The zero-order chi connectivity index (χ0) is 13.2. The van der Waals surface area contributed by atoms with Gasteiger partial charge in [-0.2, -0.15) is 0 Å². The molecule has 1 aliphatic heterocycles. The van der Waals surface area contributed by atoms with Crippen molar-refractivity contribution in [3.05, 3.63) is 42.0 Å². The molecular formula is C15H20N2S. The van der Waals surface area contributed by atoms with Gasteiger partial charge in [-0.15, -0.1) is 11.8 Å². The summed E-state index contributed by atoms with van der Waals surface area (Å²) in [6.45, 7) is 6.69. The van der Waals surface area contributed by atoms with Gasteiger partial charge in [-0.1, -0.05) is 51.1 Å². The maximum atomic E-state index is 6.10. The predicted molar refractivity (Wildman–Crippen MR) is 81.7 cm³/mol. The summed E-state index contributed by atoms with van der Waals surface area (Å²) in [5.74, 6) is 1.05. The molecule has 0 bridgehead atoms. The van der Waals surface area contributed by atoms with E-state index in [0.717, 1.165) is 22.1 Å². The van der Waals surface area contributed by atoms with Crippen LogP contribution in [0.4, 0.5) is 0 Å². The highest BCUT2D eigenvalue weighted by Crippen LogP contribution is 2.32. The van der Waals surface area contributed by atoms with Crippen molar-refractivity contribution in [3.63, 3.8) is 0 Å². The quantitative estimate of drug-likeness (QED) is 0.883. The molecule has 0 unspecified atom stereocenters. The van der Waals surface area contributed by atoms with E-state index < -0.39 is 0 Å². The largest absolute Gasteiger partial charge is 0.398 e. The van der Waals surface area contributed by atoms with E-state index in [4.69, 9.17) is 10.7 Å². The second-order valence-electron chi connectivity index (χ2n) is 5.63. The van der Waals surface area contributed by atoms with Crippen LogP contribution in [0, 0.1) is 5.41 Å². The molecule has 3 heteroatoms. The number of thioether (sulfide) groups is 1. The van der Waals surface area contributed by atoms with Crippen LogP contribution in [-0.4, -0.2) is 16.8 Å². The predicted octanol–water partition coefficient (Wildman–Crippen LogP) is 3.55. The lowest BCUT2D eigenvalue weighted by molar-refractivity contribution is 0.349. The van der Waals surface area contributed by atoms with Crippen molar-refractivity contribution >= 4 is 22.5 Å². The number of hydrogen-bond donors (Lipinski definition) is 1. The van der Waals surface area contributed by atoms with E-state index in [2.05, 4.69) is 20.8 Å². The Bertz CT molecular complexity index is 469. The fourth-order valence-corrected chi connectivity index (χ4v) is 3.08. The Balaban J connectivity index is 2.15. The Hall–Kier alpha value is -1.22. The molecule has 0 aromatic heterocycles. The topological polar surface area (TPSA) is 38.4 Å². The Kier molecular flexibility index (Phi) is 3.81. The summed E-state index contributed by atoms with van der Waals surface area (Å²) in [7, 11) is 0. The lowest BCUT2D eigenvalue weighted by Crippen LogP contribution is -2.24. The van der Waals surface area contributed by atoms with Crippen molar-refractivity contribution in [2.45, 2.75) is 26.8 Å². The fourth-order valence-electron chi connectivity index (χ4n) is 1.76. The highest BCUT2D eigenvalue weighted by atomic mass is 32.2. The number of nitrogens with zero attached hydrogens (tertiary/aromatic N) is 1. The molecule has 1 atom stereocenters. The summed E-state index contributed by atoms with van der Waals surface area (Å²) in [5, 5.41) is 1.05. The molecule has 2 nitrogen and oxygen atoms in total. The smallest absolute Gasteiger partial charge is 0.0929 e. The number of nitrogens with two attached hydrogens (primary N) is 1. The van der Waals surface area contributed by atoms with E-state index in [1.165, 1.54) is 0 Å². The van der Waals surface area contributed by atoms with E-state index in [0.29, 0.717) is 6.04 Å². The van der Waals surface area contributed by atoms with Gasteiger partial charge in [0.2, 0.25) is 0 Å². The second kappa shape index (κ2) is 5.19. The summed E-state index contributed by atoms with van der Waals surface area (Å²) in [5.41, 5.74) is 8.17. The molecule has 18 heavy (non-hydrogen) atoms. The van der Waals surface area contributed by atoms with Gasteiger partial charge in [0.1, 0.15) is 0 Å². The van der Waals surface area contributed by atoms with E-state index in [-0.39, 0.29) is 5.41 Å². The average Bonchev–Trinajstić information content (AvgIpc) is 2.78. The molecule has 0 saturated heterocycles. The molecule has 1 aromatic carbocycles. The van der Waals surface area contributed by atoms with Gasteiger partial charge in [-0.25, -0.2) is 0 Å².